The summed E-state index contributed by atoms with van der Waals surface area (Å²) < 4.78 is 9.96. The Labute approximate surface area is 167 Å². The Kier molecular flexibility index (Phi) is 15.5. The van der Waals surface area contributed by atoms with Gasteiger partial charge in [0.2, 0.25) is 5.28 Å². The van der Waals surface area contributed by atoms with Gasteiger partial charge >= 0.3 is 5.97 Å². The topological polar surface area (TPSA) is 99.4 Å². The number of rotatable bonds is 6. The number of nitrogens with one attached hydrogen (secondary N) is 1. The molecular weight excluding hydrogens is 368 g/mol. The molecule has 0 saturated carbocycles. The van der Waals surface area contributed by atoms with Gasteiger partial charge in [0.05, 0.1) is 32.0 Å². The summed E-state index contributed by atoms with van der Waals surface area (Å²) >= 11 is 5.73. The maximum absolute atomic E-state index is 11.0. The van der Waals surface area contributed by atoms with E-state index >= 15 is 0 Å². The Bertz CT molecular complexity index is 652. The van der Waals surface area contributed by atoms with Crippen molar-refractivity contribution in [3.05, 3.63) is 35.7 Å². The standard InChI is InChI=1S/C14H15ClN4O3.2C2H6.CH4/c1-21-12(20)6-7-22-10-4-2-9(3-5-10)18-13-11(16)8-17-14(15)19-13;2*1-2;/h2-5,8H,6-7,16H2,1H3,(H,17,18,19);2*1-2H3;1H4. The summed E-state index contributed by atoms with van der Waals surface area (Å²) in [4.78, 5) is 18.8. The minimum absolute atomic E-state index is 0. The first kappa shape index (κ1) is 26.7. The lowest BCUT2D eigenvalue weighted by atomic mass is 10.3. The summed E-state index contributed by atoms with van der Waals surface area (Å²) in [5.41, 5.74) is 6.92. The van der Waals surface area contributed by atoms with E-state index in [2.05, 4.69) is 20.0 Å². The van der Waals surface area contributed by atoms with Crippen LogP contribution in [0.25, 0.3) is 0 Å². The number of hydrogen-bond acceptors (Lipinski definition) is 7. The lowest BCUT2D eigenvalue weighted by molar-refractivity contribution is -0.141. The van der Waals surface area contributed by atoms with Crippen LogP contribution in [0.15, 0.2) is 30.5 Å². The number of aromatic nitrogens is 2. The molecule has 1 aromatic carbocycles. The van der Waals surface area contributed by atoms with Gasteiger partial charge in [-0.2, -0.15) is 4.98 Å². The van der Waals surface area contributed by atoms with E-state index in [4.69, 9.17) is 22.1 Å². The van der Waals surface area contributed by atoms with Crippen molar-refractivity contribution < 1.29 is 14.3 Å². The largest absolute Gasteiger partial charge is 0.493 e. The highest BCUT2D eigenvalue weighted by atomic mass is 35.5. The lowest BCUT2D eigenvalue weighted by Gasteiger charge is -2.09. The van der Waals surface area contributed by atoms with Gasteiger partial charge in [0.25, 0.3) is 0 Å². The molecule has 0 aliphatic rings. The first-order valence-electron chi connectivity index (χ1n) is 8.43. The van der Waals surface area contributed by atoms with E-state index in [0.717, 1.165) is 5.69 Å². The van der Waals surface area contributed by atoms with E-state index in [1.807, 2.05) is 27.7 Å². The summed E-state index contributed by atoms with van der Waals surface area (Å²) in [5, 5.41) is 3.14. The van der Waals surface area contributed by atoms with Crippen LogP contribution in [0.2, 0.25) is 5.28 Å². The predicted molar refractivity (Wildman–Crippen MR) is 113 cm³/mol. The van der Waals surface area contributed by atoms with E-state index in [9.17, 15) is 4.79 Å². The highest BCUT2D eigenvalue weighted by Gasteiger charge is 2.05. The highest BCUT2D eigenvalue weighted by Crippen LogP contribution is 2.23. The maximum atomic E-state index is 11.0. The number of hydrogen-bond donors (Lipinski definition) is 2. The summed E-state index contributed by atoms with van der Waals surface area (Å²) in [5.74, 6) is 0.761. The third-order valence-corrected chi connectivity index (χ3v) is 2.89. The fourth-order valence-electron chi connectivity index (χ4n) is 1.60. The molecule has 3 N–H and O–H groups in total. The van der Waals surface area contributed by atoms with Crippen LogP contribution in [-0.4, -0.2) is 29.7 Å². The zero-order valence-corrected chi connectivity index (χ0v) is 16.6. The maximum Gasteiger partial charge on any atom is 0.308 e. The van der Waals surface area contributed by atoms with E-state index in [1.54, 1.807) is 24.3 Å². The van der Waals surface area contributed by atoms with Crippen molar-refractivity contribution in [1.82, 2.24) is 9.97 Å². The van der Waals surface area contributed by atoms with Gasteiger partial charge in [0.1, 0.15) is 5.75 Å². The average Bonchev–Trinajstić information content (AvgIpc) is 2.69. The van der Waals surface area contributed by atoms with Crippen molar-refractivity contribution in [2.24, 2.45) is 0 Å². The highest BCUT2D eigenvalue weighted by molar-refractivity contribution is 6.28. The first-order chi connectivity index (χ1) is 12.6. The molecule has 2 rings (SSSR count). The Morgan fingerprint density at radius 2 is 1.78 bits per heavy atom. The van der Waals surface area contributed by atoms with Crippen molar-refractivity contribution in [1.29, 1.82) is 0 Å². The SMILES string of the molecule is C.CC.CC.COC(=O)CCOc1ccc(Nc2nc(Cl)ncc2N)cc1. The van der Waals surface area contributed by atoms with Gasteiger partial charge in [-0.05, 0) is 35.9 Å². The zero-order valence-electron chi connectivity index (χ0n) is 15.9. The van der Waals surface area contributed by atoms with Crippen LogP contribution in [0.1, 0.15) is 41.5 Å². The van der Waals surface area contributed by atoms with Gasteiger partial charge in [-0.3, -0.25) is 4.79 Å². The molecule has 7 nitrogen and oxygen atoms in total. The molecular formula is C19H31ClN4O3. The van der Waals surface area contributed by atoms with Gasteiger partial charge in [-0.1, -0.05) is 35.1 Å². The molecule has 27 heavy (non-hydrogen) atoms. The monoisotopic (exact) mass is 398 g/mol. The lowest BCUT2D eigenvalue weighted by Crippen LogP contribution is -2.07. The predicted octanol–water partition coefficient (Wildman–Crippen LogP) is 5.09. The molecule has 2 aromatic rings. The van der Waals surface area contributed by atoms with Gasteiger partial charge in [0, 0.05) is 5.69 Å². The molecule has 1 heterocycles. The van der Waals surface area contributed by atoms with Crippen molar-refractivity contribution in [2.45, 2.75) is 41.5 Å². The second kappa shape index (κ2) is 15.7. The van der Waals surface area contributed by atoms with Crippen LogP contribution in [0.5, 0.6) is 5.75 Å². The smallest absolute Gasteiger partial charge is 0.308 e. The second-order valence-electron chi connectivity index (χ2n) is 4.27. The molecule has 0 unspecified atom stereocenters. The average molecular weight is 399 g/mol. The molecule has 0 bridgehead atoms. The molecule has 0 spiro atoms. The van der Waals surface area contributed by atoms with E-state index in [-0.39, 0.29) is 31.7 Å². The normalized spacial score (nSPS) is 8.67. The number of esters is 1. The minimum atomic E-state index is -0.311. The molecule has 152 valence electrons. The fraction of sp³-hybridized carbons (Fsp3) is 0.421. The molecule has 8 heteroatoms. The third kappa shape index (κ3) is 10.3. The second-order valence-corrected chi connectivity index (χ2v) is 4.61. The number of anilines is 3. The number of carbonyl (C=O) groups excluding carboxylic acids is 1. The van der Waals surface area contributed by atoms with E-state index in [0.29, 0.717) is 17.3 Å². The summed E-state index contributed by atoms with van der Waals surface area (Å²) in [6.45, 7) is 8.26. The van der Waals surface area contributed by atoms with Gasteiger partial charge in [0.15, 0.2) is 5.82 Å². The van der Waals surface area contributed by atoms with Crippen LogP contribution in [-0.2, 0) is 9.53 Å². The van der Waals surface area contributed by atoms with Crippen molar-refractivity contribution in [2.75, 3.05) is 24.8 Å². The number of carbonyl (C=O) groups is 1. The van der Waals surface area contributed by atoms with Crippen LogP contribution < -0.4 is 15.8 Å². The molecule has 0 fully saturated rings. The molecule has 0 saturated heterocycles. The molecule has 0 aliphatic carbocycles. The Balaban J connectivity index is 0. The Morgan fingerprint density at radius 3 is 2.33 bits per heavy atom. The van der Waals surface area contributed by atoms with Crippen molar-refractivity contribution >= 4 is 34.8 Å². The van der Waals surface area contributed by atoms with Crippen LogP contribution in [0, 0.1) is 0 Å². The Hall–Kier alpha value is -2.54. The molecule has 0 atom stereocenters. The fourth-order valence-corrected chi connectivity index (χ4v) is 1.73. The molecule has 1 aromatic heterocycles. The summed E-state index contributed by atoms with van der Waals surface area (Å²) in [6.07, 6.45) is 1.63. The number of ether oxygens (including phenoxy) is 2. The van der Waals surface area contributed by atoms with Crippen LogP contribution in [0.4, 0.5) is 17.2 Å². The van der Waals surface area contributed by atoms with E-state index < -0.39 is 0 Å². The number of methoxy groups -OCH3 is 1. The van der Waals surface area contributed by atoms with Crippen molar-refractivity contribution in [3.8, 4) is 5.75 Å². The molecule has 0 aliphatic heterocycles. The Morgan fingerprint density at radius 1 is 1.19 bits per heavy atom. The van der Waals surface area contributed by atoms with E-state index in [1.165, 1.54) is 13.3 Å². The van der Waals surface area contributed by atoms with Crippen LogP contribution >= 0.6 is 11.6 Å². The number of benzene rings is 1. The number of nitrogens with two attached hydrogens (primary N) is 1. The van der Waals surface area contributed by atoms with Crippen molar-refractivity contribution in [3.63, 3.8) is 0 Å². The molecule has 0 amide bonds. The van der Waals surface area contributed by atoms with Gasteiger partial charge in [-0.15, -0.1) is 0 Å². The number of nitrogen functional groups attached to an aromatic ring is 1. The van der Waals surface area contributed by atoms with Gasteiger partial charge in [-0.25, -0.2) is 4.98 Å². The summed E-state index contributed by atoms with van der Waals surface area (Å²) in [6, 6.07) is 7.11. The number of nitrogens with zero attached hydrogens (tertiary/aromatic N) is 2. The zero-order chi connectivity index (χ0) is 19.9. The minimum Gasteiger partial charge on any atom is -0.493 e. The van der Waals surface area contributed by atoms with Crippen LogP contribution in [0.3, 0.4) is 0 Å². The first-order valence-corrected chi connectivity index (χ1v) is 8.81. The van der Waals surface area contributed by atoms with Gasteiger partial charge < -0.3 is 20.5 Å². The summed E-state index contributed by atoms with van der Waals surface area (Å²) in [7, 11) is 1.34. The number of halogens is 1. The third-order valence-electron chi connectivity index (χ3n) is 2.71. The molecule has 0 radical (unpaired) electrons. The quantitative estimate of drug-likeness (QED) is 0.516.